The van der Waals surface area contributed by atoms with Gasteiger partial charge in [-0.3, -0.25) is 4.79 Å². The highest BCUT2D eigenvalue weighted by Crippen LogP contribution is 2.18. The maximum Gasteiger partial charge on any atom is 0.198 e. The van der Waals surface area contributed by atoms with Crippen molar-refractivity contribution in [3.05, 3.63) is 34.0 Å². The molecular weight excluding hydrogens is 156 g/mol. The maximum absolute atomic E-state index is 11.3. The molecule has 0 amide bonds. The Morgan fingerprint density at radius 1 is 1.64 bits per heavy atom. The van der Waals surface area contributed by atoms with E-state index in [0.717, 1.165) is 10.4 Å². The third kappa shape index (κ3) is 1.57. The number of rotatable bonds is 2. The summed E-state index contributed by atoms with van der Waals surface area (Å²) in [4.78, 5) is 12.2. The van der Waals surface area contributed by atoms with E-state index in [9.17, 15) is 4.79 Å². The lowest BCUT2D eigenvalue weighted by Crippen LogP contribution is -1.97. The molecule has 11 heavy (non-hydrogen) atoms. The van der Waals surface area contributed by atoms with Gasteiger partial charge in [0.15, 0.2) is 5.78 Å². The Balaban J connectivity index is 3.02. The van der Waals surface area contributed by atoms with E-state index in [1.807, 2.05) is 18.4 Å². The molecule has 0 atom stereocenters. The summed E-state index contributed by atoms with van der Waals surface area (Å²) in [6, 6.07) is 1.95. The summed E-state index contributed by atoms with van der Waals surface area (Å²) in [6.45, 7) is 7.28. The summed E-state index contributed by atoms with van der Waals surface area (Å²) in [6.07, 6.45) is 0. The van der Waals surface area contributed by atoms with E-state index in [1.54, 1.807) is 6.92 Å². The highest BCUT2D eigenvalue weighted by atomic mass is 32.1. The van der Waals surface area contributed by atoms with Crippen LogP contribution in [0.1, 0.15) is 22.2 Å². The van der Waals surface area contributed by atoms with Crippen LogP contribution < -0.4 is 0 Å². The van der Waals surface area contributed by atoms with E-state index in [0.29, 0.717) is 5.57 Å². The molecule has 1 rings (SSSR count). The number of carbonyl (C=O) groups is 1. The molecule has 1 nitrogen and oxygen atoms in total. The zero-order valence-electron chi connectivity index (χ0n) is 6.68. The Bertz CT molecular complexity index is 296. The van der Waals surface area contributed by atoms with Gasteiger partial charge in [0.05, 0.1) is 4.88 Å². The third-order valence-corrected chi connectivity index (χ3v) is 2.47. The average Bonchev–Trinajstić information content (AvgIpc) is 2.33. The van der Waals surface area contributed by atoms with Crippen LogP contribution in [0.15, 0.2) is 23.6 Å². The number of hydrogen-bond acceptors (Lipinski definition) is 2. The minimum atomic E-state index is 0.0671. The molecule has 0 fully saturated rings. The van der Waals surface area contributed by atoms with Crippen molar-refractivity contribution in [3.8, 4) is 0 Å². The number of hydrogen-bond donors (Lipinski definition) is 0. The van der Waals surface area contributed by atoms with Gasteiger partial charge >= 0.3 is 0 Å². The van der Waals surface area contributed by atoms with E-state index in [-0.39, 0.29) is 5.78 Å². The zero-order valence-corrected chi connectivity index (χ0v) is 7.49. The molecule has 0 aliphatic heterocycles. The monoisotopic (exact) mass is 166 g/mol. The van der Waals surface area contributed by atoms with Crippen molar-refractivity contribution in [2.24, 2.45) is 0 Å². The molecular formula is C9H10OS. The van der Waals surface area contributed by atoms with Gasteiger partial charge in [0.2, 0.25) is 0 Å². The molecule has 0 saturated carbocycles. The van der Waals surface area contributed by atoms with Gasteiger partial charge < -0.3 is 0 Å². The number of allylic oxidation sites excluding steroid dienone is 1. The summed E-state index contributed by atoms with van der Waals surface area (Å²) in [5.74, 6) is 0.0671. The summed E-state index contributed by atoms with van der Waals surface area (Å²) in [5.41, 5.74) is 1.65. The zero-order chi connectivity index (χ0) is 8.43. The van der Waals surface area contributed by atoms with Crippen LogP contribution in [-0.4, -0.2) is 5.78 Å². The predicted octanol–water partition coefficient (Wildman–Crippen LogP) is 2.82. The summed E-state index contributed by atoms with van der Waals surface area (Å²) in [5, 5.41) is 1.92. The van der Waals surface area contributed by atoms with Gasteiger partial charge in [-0.05, 0) is 36.4 Å². The lowest BCUT2D eigenvalue weighted by Gasteiger charge is -1.95. The second-order valence-corrected chi connectivity index (χ2v) is 3.46. The highest BCUT2D eigenvalue weighted by molar-refractivity contribution is 7.12. The summed E-state index contributed by atoms with van der Waals surface area (Å²) < 4.78 is 0. The molecule has 0 saturated heterocycles. The van der Waals surface area contributed by atoms with Gasteiger partial charge in [0.1, 0.15) is 0 Å². The minimum absolute atomic E-state index is 0.0671. The summed E-state index contributed by atoms with van der Waals surface area (Å²) >= 11 is 1.48. The number of aryl methyl sites for hydroxylation is 1. The molecule has 1 heterocycles. The van der Waals surface area contributed by atoms with Crippen LogP contribution in [0.25, 0.3) is 0 Å². The maximum atomic E-state index is 11.3. The molecule has 58 valence electrons. The van der Waals surface area contributed by atoms with Crippen LogP contribution in [0, 0.1) is 6.92 Å². The van der Waals surface area contributed by atoms with Crippen molar-refractivity contribution in [1.82, 2.24) is 0 Å². The molecule has 1 aromatic heterocycles. The first kappa shape index (κ1) is 8.21. The van der Waals surface area contributed by atoms with Crippen molar-refractivity contribution < 1.29 is 4.79 Å². The Hall–Kier alpha value is -0.890. The van der Waals surface area contributed by atoms with E-state index in [4.69, 9.17) is 0 Å². The molecule has 0 aliphatic carbocycles. The van der Waals surface area contributed by atoms with E-state index >= 15 is 0 Å². The Labute approximate surface area is 70.4 Å². The Kier molecular flexibility index (Phi) is 2.25. The Morgan fingerprint density at radius 3 is 2.64 bits per heavy atom. The van der Waals surface area contributed by atoms with Gasteiger partial charge in [-0.2, -0.15) is 0 Å². The molecule has 1 aromatic rings. The lowest BCUT2D eigenvalue weighted by atomic mass is 10.1. The molecule has 0 spiro atoms. The molecule has 0 radical (unpaired) electrons. The quantitative estimate of drug-likeness (QED) is 0.487. The molecule has 0 aromatic carbocycles. The highest BCUT2D eigenvalue weighted by Gasteiger charge is 2.09. The van der Waals surface area contributed by atoms with E-state index in [1.165, 1.54) is 11.3 Å². The van der Waals surface area contributed by atoms with Crippen LogP contribution in [-0.2, 0) is 0 Å². The predicted molar refractivity (Wildman–Crippen MR) is 48.2 cm³/mol. The van der Waals surface area contributed by atoms with Crippen molar-refractivity contribution in [3.63, 3.8) is 0 Å². The standard InChI is InChI=1S/C9H10OS/c1-6(2)8(10)9-7(3)4-5-11-9/h4-5H,1H2,2-3H3. The second kappa shape index (κ2) is 3.01. The molecule has 0 N–H and O–H groups in total. The number of thiophene rings is 1. The van der Waals surface area contributed by atoms with Crippen molar-refractivity contribution in [2.45, 2.75) is 13.8 Å². The van der Waals surface area contributed by atoms with Crippen molar-refractivity contribution in [2.75, 3.05) is 0 Å². The number of carbonyl (C=O) groups excluding carboxylic acids is 1. The fraction of sp³-hybridized carbons (Fsp3) is 0.222. The normalized spacial score (nSPS) is 9.64. The second-order valence-electron chi connectivity index (χ2n) is 2.54. The van der Waals surface area contributed by atoms with Crippen LogP contribution in [0.4, 0.5) is 0 Å². The molecule has 0 aliphatic rings. The van der Waals surface area contributed by atoms with Crippen molar-refractivity contribution >= 4 is 17.1 Å². The molecule has 0 unspecified atom stereocenters. The SMILES string of the molecule is C=C(C)C(=O)c1sccc1C. The Morgan fingerprint density at radius 2 is 2.27 bits per heavy atom. The smallest absolute Gasteiger partial charge is 0.198 e. The first-order valence-corrected chi connectivity index (χ1v) is 4.25. The van der Waals surface area contributed by atoms with Crippen LogP contribution in [0.2, 0.25) is 0 Å². The first-order valence-electron chi connectivity index (χ1n) is 3.37. The first-order chi connectivity index (χ1) is 5.13. The van der Waals surface area contributed by atoms with Gasteiger partial charge in [-0.15, -0.1) is 11.3 Å². The van der Waals surface area contributed by atoms with Crippen LogP contribution >= 0.6 is 11.3 Å². The number of Topliss-reactive ketones (excluding diaryl/α,β-unsaturated/α-hetero) is 1. The topological polar surface area (TPSA) is 17.1 Å². The van der Waals surface area contributed by atoms with Gasteiger partial charge in [-0.1, -0.05) is 6.58 Å². The molecule has 2 heteroatoms. The average molecular weight is 166 g/mol. The minimum Gasteiger partial charge on any atom is -0.288 e. The third-order valence-electron chi connectivity index (χ3n) is 1.46. The fourth-order valence-corrected chi connectivity index (χ4v) is 1.74. The molecule has 0 bridgehead atoms. The van der Waals surface area contributed by atoms with Crippen LogP contribution in [0.3, 0.4) is 0 Å². The largest absolute Gasteiger partial charge is 0.288 e. The van der Waals surface area contributed by atoms with E-state index in [2.05, 4.69) is 6.58 Å². The summed E-state index contributed by atoms with van der Waals surface area (Å²) in [7, 11) is 0. The van der Waals surface area contributed by atoms with E-state index < -0.39 is 0 Å². The van der Waals surface area contributed by atoms with Crippen molar-refractivity contribution in [1.29, 1.82) is 0 Å². The van der Waals surface area contributed by atoms with Gasteiger partial charge in [-0.25, -0.2) is 0 Å². The van der Waals surface area contributed by atoms with Gasteiger partial charge in [0, 0.05) is 0 Å². The lowest BCUT2D eigenvalue weighted by molar-refractivity contribution is 0.103. The number of ketones is 1. The fourth-order valence-electron chi connectivity index (χ4n) is 0.799. The van der Waals surface area contributed by atoms with Crippen LogP contribution in [0.5, 0.6) is 0 Å². The van der Waals surface area contributed by atoms with Gasteiger partial charge in [0.25, 0.3) is 0 Å².